The Hall–Kier alpha value is -3.72. The van der Waals surface area contributed by atoms with Gasteiger partial charge in [-0.1, -0.05) is 36.4 Å². The van der Waals surface area contributed by atoms with Crippen LogP contribution in [0.1, 0.15) is 16.1 Å². The molecule has 0 aliphatic rings. The zero-order valence-electron chi connectivity index (χ0n) is 13.1. The minimum atomic E-state index is -0.686. The second kappa shape index (κ2) is 7.23. The smallest absolute Gasteiger partial charge is 0.357 e. The predicted molar refractivity (Wildman–Crippen MR) is 91.8 cm³/mol. The molecule has 0 aliphatic carbocycles. The van der Waals surface area contributed by atoms with Gasteiger partial charge in [0.25, 0.3) is 5.91 Å². The second-order valence-corrected chi connectivity index (χ2v) is 5.17. The van der Waals surface area contributed by atoms with E-state index < -0.39 is 18.5 Å². The van der Waals surface area contributed by atoms with Crippen molar-refractivity contribution in [1.82, 2.24) is 4.98 Å². The highest BCUT2D eigenvalue weighted by atomic mass is 16.5. The molecule has 1 N–H and O–H groups in total. The van der Waals surface area contributed by atoms with Crippen LogP contribution in [0.2, 0.25) is 0 Å². The molecule has 0 atom stereocenters. The highest BCUT2D eigenvalue weighted by molar-refractivity contribution is 5.96. The Kier molecular flexibility index (Phi) is 4.67. The molecule has 0 spiro atoms. The Bertz CT molecular complexity index is 992. The lowest BCUT2D eigenvalue weighted by Gasteiger charge is -2.08. The number of nitrogens with one attached hydrogen (secondary N) is 1. The van der Waals surface area contributed by atoms with Gasteiger partial charge in [-0.05, 0) is 24.3 Å². The fraction of sp³-hybridized carbons (Fsp3) is 0.0526. The summed E-state index contributed by atoms with van der Waals surface area (Å²) in [6.07, 6.45) is 0. The first kappa shape index (κ1) is 16.1. The number of para-hydroxylation sites is 2. The SMILES string of the molecule is N#Cc1ccccc1NC(=O)COC(=O)c1ccc2ccccc2n1. The van der Waals surface area contributed by atoms with Gasteiger partial charge in [-0.15, -0.1) is 0 Å². The number of rotatable bonds is 4. The molecule has 3 rings (SSSR count). The molecule has 0 aliphatic heterocycles. The summed E-state index contributed by atoms with van der Waals surface area (Å²) >= 11 is 0. The highest BCUT2D eigenvalue weighted by Gasteiger charge is 2.13. The Morgan fingerprint density at radius 2 is 1.80 bits per heavy atom. The van der Waals surface area contributed by atoms with Crippen LogP contribution in [0.25, 0.3) is 10.9 Å². The number of anilines is 1. The predicted octanol–water partition coefficient (Wildman–Crippen LogP) is 2.90. The van der Waals surface area contributed by atoms with Crippen molar-refractivity contribution in [3.8, 4) is 6.07 Å². The van der Waals surface area contributed by atoms with Crippen LogP contribution in [0.5, 0.6) is 0 Å². The van der Waals surface area contributed by atoms with Crippen LogP contribution in [0.4, 0.5) is 5.69 Å². The summed E-state index contributed by atoms with van der Waals surface area (Å²) in [6.45, 7) is -0.465. The number of nitriles is 1. The van der Waals surface area contributed by atoms with Crippen molar-refractivity contribution in [3.63, 3.8) is 0 Å². The van der Waals surface area contributed by atoms with E-state index in [0.29, 0.717) is 16.8 Å². The number of hydrogen-bond donors (Lipinski definition) is 1. The van der Waals surface area contributed by atoms with Crippen molar-refractivity contribution < 1.29 is 14.3 Å². The first-order valence-electron chi connectivity index (χ1n) is 7.49. The molecule has 0 saturated heterocycles. The van der Waals surface area contributed by atoms with Crippen molar-refractivity contribution in [2.45, 2.75) is 0 Å². The van der Waals surface area contributed by atoms with Gasteiger partial charge in [-0.25, -0.2) is 9.78 Å². The van der Waals surface area contributed by atoms with Gasteiger partial charge >= 0.3 is 5.97 Å². The van der Waals surface area contributed by atoms with E-state index in [1.54, 1.807) is 42.5 Å². The molecule has 0 fully saturated rings. The minimum absolute atomic E-state index is 0.129. The molecule has 0 radical (unpaired) electrons. The lowest BCUT2D eigenvalue weighted by molar-refractivity contribution is -0.119. The Labute approximate surface area is 143 Å². The van der Waals surface area contributed by atoms with E-state index in [4.69, 9.17) is 10.00 Å². The normalized spacial score (nSPS) is 10.0. The van der Waals surface area contributed by atoms with Gasteiger partial charge in [-0.3, -0.25) is 4.79 Å². The van der Waals surface area contributed by atoms with Gasteiger partial charge in [0.2, 0.25) is 0 Å². The number of carbonyl (C=O) groups is 2. The van der Waals surface area contributed by atoms with E-state index in [9.17, 15) is 9.59 Å². The van der Waals surface area contributed by atoms with Gasteiger partial charge in [0.05, 0.1) is 16.8 Å². The second-order valence-electron chi connectivity index (χ2n) is 5.17. The van der Waals surface area contributed by atoms with E-state index in [2.05, 4.69) is 10.3 Å². The van der Waals surface area contributed by atoms with Gasteiger partial charge in [0, 0.05) is 5.39 Å². The molecule has 6 heteroatoms. The van der Waals surface area contributed by atoms with E-state index in [0.717, 1.165) is 5.39 Å². The molecule has 0 unspecified atom stereocenters. The van der Waals surface area contributed by atoms with E-state index in [1.807, 2.05) is 24.3 Å². The quantitative estimate of drug-likeness (QED) is 0.742. The van der Waals surface area contributed by atoms with Crippen molar-refractivity contribution >= 4 is 28.5 Å². The fourth-order valence-electron chi connectivity index (χ4n) is 2.26. The van der Waals surface area contributed by atoms with Crippen LogP contribution < -0.4 is 5.32 Å². The summed E-state index contributed by atoms with van der Waals surface area (Å²) in [6, 6.07) is 19.2. The van der Waals surface area contributed by atoms with Crippen LogP contribution in [0, 0.1) is 11.3 Å². The first-order valence-corrected chi connectivity index (χ1v) is 7.49. The van der Waals surface area contributed by atoms with Crippen LogP contribution in [-0.2, 0) is 9.53 Å². The average molecular weight is 331 g/mol. The average Bonchev–Trinajstić information content (AvgIpc) is 2.66. The minimum Gasteiger partial charge on any atom is -0.451 e. The van der Waals surface area contributed by atoms with Crippen LogP contribution in [0.3, 0.4) is 0 Å². The number of carbonyl (C=O) groups excluding carboxylic acids is 2. The number of benzene rings is 2. The number of amides is 1. The fourth-order valence-corrected chi connectivity index (χ4v) is 2.26. The summed E-state index contributed by atoms with van der Waals surface area (Å²) in [7, 11) is 0. The molecule has 2 aromatic carbocycles. The van der Waals surface area contributed by atoms with Crippen molar-refractivity contribution in [1.29, 1.82) is 5.26 Å². The number of ether oxygens (including phenoxy) is 1. The molecule has 1 heterocycles. The standard InChI is InChI=1S/C19H13N3O3/c20-11-14-6-2-4-8-16(14)22-18(23)12-25-19(24)17-10-9-13-5-1-3-7-15(13)21-17/h1-10H,12H2,(H,22,23). The van der Waals surface area contributed by atoms with Gasteiger partial charge < -0.3 is 10.1 Å². The third kappa shape index (κ3) is 3.79. The van der Waals surface area contributed by atoms with Crippen LogP contribution in [-0.4, -0.2) is 23.5 Å². The number of fused-ring (bicyclic) bond motifs is 1. The molecule has 6 nitrogen and oxygen atoms in total. The lowest BCUT2D eigenvalue weighted by atomic mass is 10.2. The molecule has 1 aromatic heterocycles. The molecule has 0 bridgehead atoms. The maximum absolute atomic E-state index is 12.1. The van der Waals surface area contributed by atoms with Crippen molar-refractivity contribution in [3.05, 3.63) is 71.9 Å². The summed E-state index contributed by atoms with van der Waals surface area (Å²) in [5.74, 6) is -1.22. The lowest BCUT2D eigenvalue weighted by Crippen LogP contribution is -2.21. The number of pyridine rings is 1. The summed E-state index contributed by atoms with van der Waals surface area (Å²) in [5, 5.41) is 12.4. The maximum atomic E-state index is 12.1. The van der Waals surface area contributed by atoms with Crippen molar-refractivity contribution in [2.24, 2.45) is 0 Å². The summed E-state index contributed by atoms with van der Waals surface area (Å²) in [5.41, 5.74) is 1.50. The number of esters is 1. The topological polar surface area (TPSA) is 92.1 Å². The molecular formula is C19H13N3O3. The molecule has 25 heavy (non-hydrogen) atoms. The third-order valence-corrected chi connectivity index (χ3v) is 3.46. The third-order valence-electron chi connectivity index (χ3n) is 3.46. The van der Waals surface area contributed by atoms with Crippen LogP contribution >= 0.6 is 0 Å². The van der Waals surface area contributed by atoms with E-state index >= 15 is 0 Å². The van der Waals surface area contributed by atoms with Gasteiger partial charge in [0.1, 0.15) is 11.8 Å². The molecular weight excluding hydrogens is 318 g/mol. The Balaban J connectivity index is 1.63. The number of nitrogens with zero attached hydrogens (tertiary/aromatic N) is 2. The number of hydrogen-bond acceptors (Lipinski definition) is 5. The highest BCUT2D eigenvalue weighted by Crippen LogP contribution is 2.14. The molecule has 0 saturated carbocycles. The molecule has 1 amide bonds. The van der Waals surface area contributed by atoms with Gasteiger partial charge in [0.15, 0.2) is 6.61 Å². The maximum Gasteiger partial charge on any atom is 0.357 e. The van der Waals surface area contributed by atoms with Gasteiger partial charge in [-0.2, -0.15) is 5.26 Å². The van der Waals surface area contributed by atoms with E-state index in [1.165, 1.54) is 0 Å². The monoisotopic (exact) mass is 331 g/mol. The van der Waals surface area contributed by atoms with Crippen LogP contribution in [0.15, 0.2) is 60.7 Å². The Morgan fingerprint density at radius 3 is 2.64 bits per heavy atom. The summed E-state index contributed by atoms with van der Waals surface area (Å²) in [4.78, 5) is 28.2. The zero-order valence-corrected chi connectivity index (χ0v) is 13.1. The molecule has 3 aromatic rings. The number of aromatic nitrogens is 1. The largest absolute Gasteiger partial charge is 0.451 e. The Morgan fingerprint density at radius 1 is 1.04 bits per heavy atom. The first-order chi connectivity index (χ1) is 12.2. The summed E-state index contributed by atoms with van der Waals surface area (Å²) < 4.78 is 4.99. The van der Waals surface area contributed by atoms with E-state index in [-0.39, 0.29) is 5.69 Å². The van der Waals surface area contributed by atoms with Crippen molar-refractivity contribution in [2.75, 3.05) is 11.9 Å². The zero-order chi connectivity index (χ0) is 17.6. The molecule has 122 valence electrons.